The van der Waals surface area contributed by atoms with E-state index in [9.17, 15) is 0 Å². The number of anilines is 1. The normalized spacial score (nSPS) is 10.4. The van der Waals surface area contributed by atoms with Crippen LogP contribution in [0.1, 0.15) is 5.56 Å². The highest BCUT2D eigenvalue weighted by Crippen LogP contribution is 2.27. The molecule has 0 saturated carbocycles. The van der Waals surface area contributed by atoms with E-state index in [0.29, 0.717) is 26.6 Å². The molecule has 1 nitrogen and oxygen atoms in total. The lowest BCUT2D eigenvalue weighted by Gasteiger charge is -2.10. The van der Waals surface area contributed by atoms with Gasteiger partial charge in [0, 0.05) is 21.6 Å². The maximum atomic E-state index is 6.08. The molecule has 2 aromatic rings. The van der Waals surface area contributed by atoms with Gasteiger partial charge in [-0.15, -0.1) is 0 Å². The minimum absolute atomic E-state index is 0.552. The number of nitrogens with one attached hydrogen (secondary N) is 1. The molecule has 0 spiro atoms. The van der Waals surface area contributed by atoms with Crippen molar-refractivity contribution in [3.05, 3.63) is 62.1 Å². The van der Waals surface area contributed by atoms with Gasteiger partial charge >= 0.3 is 0 Å². The Morgan fingerprint density at radius 1 is 0.778 bits per heavy atom. The van der Waals surface area contributed by atoms with Crippen molar-refractivity contribution in [2.45, 2.75) is 6.54 Å². The summed E-state index contributed by atoms with van der Waals surface area (Å²) in [6.07, 6.45) is 0. The monoisotopic (exact) mass is 319 g/mol. The summed E-state index contributed by atoms with van der Waals surface area (Å²) in [6.45, 7) is 0.552. The Morgan fingerprint density at radius 2 is 1.44 bits per heavy atom. The molecule has 0 bridgehead atoms. The van der Waals surface area contributed by atoms with E-state index in [2.05, 4.69) is 5.32 Å². The van der Waals surface area contributed by atoms with Gasteiger partial charge in [0.1, 0.15) is 0 Å². The highest BCUT2D eigenvalue weighted by molar-refractivity contribution is 6.35. The number of benzene rings is 2. The average molecular weight is 321 g/mol. The number of rotatable bonds is 3. The Balaban J connectivity index is 2.13. The van der Waals surface area contributed by atoms with Crippen molar-refractivity contribution in [1.29, 1.82) is 0 Å². The van der Waals surface area contributed by atoms with E-state index in [4.69, 9.17) is 46.4 Å². The smallest absolute Gasteiger partial charge is 0.0638 e. The van der Waals surface area contributed by atoms with E-state index in [-0.39, 0.29) is 0 Å². The van der Waals surface area contributed by atoms with Crippen molar-refractivity contribution in [1.82, 2.24) is 0 Å². The Kier molecular flexibility index (Phi) is 4.63. The maximum Gasteiger partial charge on any atom is 0.0638 e. The first-order valence-corrected chi connectivity index (χ1v) is 6.70. The molecule has 2 rings (SSSR count). The van der Waals surface area contributed by atoms with Gasteiger partial charge in [-0.1, -0.05) is 52.5 Å². The van der Waals surface area contributed by atoms with Crippen LogP contribution in [0.25, 0.3) is 0 Å². The Labute approximate surface area is 126 Å². The van der Waals surface area contributed by atoms with E-state index in [1.807, 2.05) is 6.07 Å². The van der Waals surface area contributed by atoms with E-state index in [0.717, 1.165) is 11.3 Å². The van der Waals surface area contributed by atoms with Gasteiger partial charge in [-0.25, -0.2) is 0 Å². The summed E-state index contributed by atoms with van der Waals surface area (Å²) in [5, 5.41) is 5.66. The van der Waals surface area contributed by atoms with Gasteiger partial charge in [0.05, 0.1) is 10.7 Å². The molecule has 0 aromatic heterocycles. The van der Waals surface area contributed by atoms with Gasteiger partial charge in [0.25, 0.3) is 0 Å². The molecule has 0 radical (unpaired) electrons. The highest BCUT2D eigenvalue weighted by Gasteiger charge is 2.04. The van der Waals surface area contributed by atoms with Crippen molar-refractivity contribution in [2.75, 3.05) is 5.32 Å². The molecule has 0 unspecified atom stereocenters. The van der Waals surface area contributed by atoms with Crippen LogP contribution in [0.3, 0.4) is 0 Å². The molecule has 0 heterocycles. The highest BCUT2D eigenvalue weighted by atomic mass is 35.5. The summed E-state index contributed by atoms with van der Waals surface area (Å²) in [7, 11) is 0. The summed E-state index contributed by atoms with van der Waals surface area (Å²) < 4.78 is 0. The van der Waals surface area contributed by atoms with Crippen LogP contribution in [0, 0.1) is 0 Å². The topological polar surface area (TPSA) is 12.0 Å². The molecular weight excluding hydrogens is 312 g/mol. The summed E-state index contributed by atoms with van der Waals surface area (Å²) in [5.41, 5.74) is 1.72. The summed E-state index contributed by atoms with van der Waals surface area (Å²) >= 11 is 23.9. The third-order valence-electron chi connectivity index (χ3n) is 2.41. The second-order valence-electron chi connectivity index (χ2n) is 3.71. The minimum atomic E-state index is 0.552. The zero-order valence-corrected chi connectivity index (χ0v) is 12.2. The van der Waals surface area contributed by atoms with Crippen molar-refractivity contribution in [3.63, 3.8) is 0 Å². The lowest BCUT2D eigenvalue weighted by Crippen LogP contribution is -2.00. The van der Waals surface area contributed by atoms with Gasteiger partial charge in [-0.05, 0) is 35.9 Å². The van der Waals surface area contributed by atoms with Crippen LogP contribution in [-0.4, -0.2) is 0 Å². The molecule has 0 saturated heterocycles. The van der Waals surface area contributed by atoms with E-state index in [1.54, 1.807) is 30.3 Å². The van der Waals surface area contributed by atoms with E-state index in [1.165, 1.54) is 0 Å². The molecule has 0 aliphatic rings. The first-order chi connectivity index (χ1) is 8.56. The summed E-state index contributed by atoms with van der Waals surface area (Å²) in [5.74, 6) is 0. The van der Waals surface area contributed by atoms with Crippen LogP contribution >= 0.6 is 46.4 Å². The fourth-order valence-corrected chi connectivity index (χ4v) is 2.32. The predicted molar refractivity (Wildman–Crippen MR) is 80.3 cm³/mol. The summed E-state index contributed by atoms with van der Waals surface area (Å²) in [6, 6.07) is 10.6. The third-order valence-corrected chi connectivity index (χ3v) is 3.56. The van der Waals surface area contributed by atoms with Crippen LogP contribution in [0.5, 0.6) is 0 Å². The Bertz CT molecular complexity index is 569. The van der Waals surface area contributed by atoms with Crippen LogP contribution in [-0.2, 0) is 6.54 Å². The standard InChI is InChI=1S/C13H9Cl4N/c14-9-2-1-8(12(17)5-9)7-18-13-6-10(15)3-4-11(13)16/h1-6,18H,7H2. The number of halogens is 4. The molecule has 18 heavy (non-hydrogen) atoms. The fourth-order valence-electron chi connectivity index (χ4n) is 1.49. The van der Waals surface area contributed by atoms with Gasteiger partial charge in [0.15, 0.2) is 0 Å². The number of hydrogen-bond donors (Lipinski definition) is 1. The molecule has 0 fully saturated rings. The zero-order chi connectivity index (χ0) is 13.1. The van der Waals surface area contributed by atoms with Gasteiger partial charge in [-0.3, -0.25) is 0 Å². The largest absolute Gasteiger partial charge is 0.380 e. The molecule has 0 aliphatic carbocycles. The quantitative estimate of drug-likeness (QED) is 0.741. The Hall–Kier alpha value is -0.600. The molecule has 1 N–H and O–H groups in total. The molecule has 2 aromatic carbocycles. The fraction of sp³-hybridized carbons (Fsp3) is 0.0769. The van der Waals surface area contributed by atoms with Crippen LogP contribution in [0.15, 0.2) is 36.4 Å². The second-order valence-corrected chi connectivity index (χ2v) is 5.40. The molecule has 0 atom stereocenters. The van der Waals surface area contributed by atoms with Crippen LogP contribution in [0.4, 0.5) is 5.69 Å². The molecule has 94 valence electrons. The van der Waals surface area contributed by atoms with Crippen molar-refractivity contribution >= 4 is 52.1 Å². The minimum Gasteiger partial charge on any atom is -0.380 e. The SMILES string of the molecule is Clc1ccc(CNc2cc(Cl)ccc2Cl)c(Cl)c1. The molecule has 0 amide bonds. The molecule has 0 aliphatic heterocycles. The average Bonchev–Trinajstić information content (AvgIpc) is 2.32. The lowest BCUT2D eigenvalue weighted by atomic mass is 10.2. The predicted octanol–water partition coefficient (Wildman–Crippen LogP) is 5.91. The summed E-state index contributed by atoms with van der Waals surface area (Å²) in [4.78, 5) is 0. The molecular formula is C13H9Cl4N. The maximum absolute atomic E-state index is 6.08. The van der Waals surface area contributed by atoms with Gasteiger partial charge < -0.3 is 5.32 Å². The van der Waals surface area contributed by atoms with Crippen LogP contribution < -0.4 is 5.32 Å². The van der Waals surface area contributed by atoms with E-state index >= 15 is 0 Å². The second kappa shape index (κ2) is 6.03. The van der Waals surface area contributed by atoms with Gasteiger partial charge in [-0.2, -0.15) is 0 Å². The zero-order valence-electron chi connectivity index (χ0n) is 9.18. The molecule has 5 heteroatoms. The Morgan fingerprint density at radius 3 is 2.17 bits per heavy atom. The first-order valence-electron chi connectivity index (χ1n) is 5.19. The van der Waals surface area contributed by atoms with Gasteiger partial charge in [0.2, 0.25) is 0 Å². The van der Waals surface area contributed by atoms with Crippen LogP contribution in [0.2, 0.25) is 20.1 Å². The first kappa shape index (κ1) is 13.8. The van der Waals surface area contributed by atoms with E-state index < -0.39 is 0 Å². The van der Waals surface area contributed by atoms with Crippen molar-refractivity contribution in [2.24, 2.45) is 0 Å². The van der Waals surface area contributed by atoms with Crippen molar-refractivity contribution < 1.29 is 0 Å². The lowest BCUT2D eigenvalue weighted by molar-refractivity contribution is 1.15. The third kappa shape index (κ3) is 3.46. The van der Waals surface area contributed by atoms with Crippen molar-refractivity contribution in [3.8, 4) is 0 Å². The number of hydrogen-bond acceptors (Lipinski definition) is 1.